The van der Waals surface area contributed by atoms with Crippen molar-refractivity contribution in [2.45, 2.75) is 32.6 Å². The summed E-state index contributed by atoms with van der Waals surface area (Å²) >= 11 is 0. The number of oxime groups is 1. The van der Waals surface area contributed by atoms with Crippen molar-refractivity contribution >= 4 is 11.8 Å². The Labute approximate surface area is 96.3 Å². The van der Waals surface area contributed by atoms with Gasteiger partial charge in [-0.2, -0.15) is 0 Å². The van der Waals surface area contributed by atoms with Crippen LogP contribution in [0.5, 0.6) is 0 Å². The van der Waals surface area contributed by atoms with Gasteiger partial charge in [0.1, 0.15) is 0 Å². The zero-order valence-electron chi connectivity index (χ0n) is 9.61. The summed E-state index contributed by atoms with van der Waals surface area (Å²) in [5.74, 6) is 0. The van der Waals surface area contributed by atoms with Gasteiger partial charge >= 0.3 is 0 Å². The molecule has 1 N–H and O–H groups in total. The molecule has 1 fully saturated rings. The Hall–Kier alpha value is -1.57. The van der Waals surface area contributed by atoms with Crippen LogP contribution in [0.25, 0.3) is 6.08 Å². The van der Waals surface area contributed by atoms with E-state index in [1.807, 2.05) is 0 Å². The first kappa shape index (κ1) is 10.9. The van der Waals surface area contributed by atoms with Gasteiger partial charge in [0.15, 0.2) is 0 Å². The third-order valence-electron chi connectivity index (χ3n) is 3.02. The number of benzene rings is 1. The van der Waals surface area contributed by atoms with Gasteiger partial charge in [-0.05, 0) is 49.8 Å². The molecule has 1 aromatic rings. The molecule has 0 aromatic heterocycles. The van der Waals surface area contributed by atoms with Gasteiger partial charge < -0.3 is 5.21 Å². The molecule has 2 heteroatoms. The van der Waals surface area contributed by atoms with Crippen LogP contribution in [0, 0.1) is 6.92 Å². The highest BCUT2D eigenvalue weighted by Gasteiger charge is 2.13. The molecule has 2 nitrogen and oxygen atoms in total. The summed E-state index contributed by atoms with van der Waals surface area (Å²) in [6.07, 6.45) is 6.37. The third-order valence-corrected chi connectivity index (χ3v) is 3.02. The summed E-state index contributed by atoms with van der Waals surface area (Å²) < 4.78 is 0. The maximum Gasteiger partial charge on any atom is 0.0827 e. The van der Waals surface area contributed by atoms with Crippen LogP contribution in [0.3, 0.4) is 0 Å². The molecule has 16 heavy (non-hydrogen) atoms. The predicted molar refractivity (Wildman–Crippen MR) is 66.8 cm³/mol. The molecular weight excluding hydrogens is 198 g/mol. The average Bonchev–Trinajstić information content (AvgIpc) is 2.33. The molecule has 1 aromatic carbocycles. The maximum absolute atomic E-state index is 8.93. The molecule has 0 saturated heterocycles. The second kappa shape index (κ2) is 4.97. The van der Waals surface area contributed by atoms with E-state index in [1.165, 1.54) is 23.1 Å². The first-order valence-electron chi connectivity index (χ1n) is 5.78. The molecule has 0 spiro atoms. The molecule has 1 aliphatic rings. The van der Waals surface area contributed by atoms with Crippen LogP contribution in [-0.2, 0) is 0 Å². The lowest BCUT2D eigenvalue weighted by Crippen LogP contribution is -2.08. The SMILES string of the molecule is Cc1ccc(/C=C2\CCCC\C2=N/O)cc1. The van der Waals surface area contributed by atoms with Gasteiger partial charge in [-0.25, -0.2) is 0 Å². The zero-order chi connectivity index (χ0) is 11.4. The number of hydrogen-bond acceptors (Lipinski definition) is 2. The van der Waals surface area contributed by atoms with Gasteiger partial charge in [0.2, 0.25) is 0 Å². The van der Waals surface area contributed by atoms with Crippen LogP contribution in [0.2, 0.25) is 0 Å². The minimum absolute atomic E-state index is 0.854. The molecule has 2 rings (SSSR count). The number of hydrogen-bond donors (Lipinski definition) is 1. The van der Waals surface area contributed by atoms with Gasteiger partial charge in [0.25, 0.3) is 0 Å². The number of aryl methyl sites for hydroxylation is 1. The maximum atomic E-state index is 8.93. The molecule has 0 atom stereocenters. The summed E-state index contributed by atoms with van der Waals surface area (Å²) in [6, 6.07) is 8.41. The summed E-state index contributed by atoms with van der Waals surface area (Å²) in [4.78, 5) is 0. The number of nitrogens with zero attached hydrogens (tertiary/aromatic N) is 1. The van der Waals surface area contributed by atoms with Crippen LogP contribution in [-0.4, -0.2) is 10.9 Å². The minimum atomic E-state index is 0.854. The molecule has 0 amide bonds. The molecule has 0 heterocycles. The van der Waals surface area contributed by atoms with Crippen LogP contribution >= 0.6 is 0 Å². The Morgan fingerprint density at radius 1 is 1.12 bits per heavy atom. The summed E-state index contributed by atoms with van der Waals surface area (Å²) in [7, 11) is 0. The molecule has 0 unspecified atom stereocenters. The quantitative estimate of drug-likeness (QED) is 0.561. The highest BCUT2D eigenvalue weighted by atomic mass is 16.4. The average molecular weight is 215 g/mol. The molecule has 0 aliphatic heterocycles. The van der Waals surface area contributed by atoms with Crippen molar-refractivity contribution < 1.29 is 5.21 Å². The van der Waals surface area contributed by atoms with Crippen LogP contribution in [0.4, 0.5) is 0 Å². The fraction of sp³-hybridized carbons (Fsp3) is 0.357. The van der Waals surface area contributed by atoms with Crippen LogP contribution < -0.4 is 0 Å². The van der Waals surface area contributed by atoms with E-state index >= 15 is 0 Å². The second-order valence-corrected chi connectivity index (χ2v) is 4.33. The number of rotatable bonds is 1. The van der Waals surface area contributed by atoms with Crippen molar-refractivity contribution in [3.8, 4) is 0 Å². The van der Waals surface area contributed by atoms with Gasteiger partial charge in [0, 0.05) is 0 Å². The van der Waals surface area contributed by atoms with Crippen LogP contribution in [0.15, 0.2) is 35.0 Å². The van der Waals surface area contributed by atoms with Crippen molar-refractivity contribution in [1.29, 1.82) is 0 Å². The monoisotopic (exact) mass is 215 g/mol. The fourth-order valence-corrected chi connectivity index (χ4v) is 2.05. The highest BCUT2D eigenvalue weighted by Crippen LogP contribution is 2.23. The van der Waals surface area contributed by atoms with Gasteiger partial charge in [-0.15, -0.1) is 0 Å². The molecule has 1 saturated carbocycles. The zero-order valence-corrected chi connectivity index (χ0v) is 9.61. The first-order chi connectivity index (χ1) is 7.79. The lowest BCUT2D eigenvalue weighted by Gasteiger charge is -2.15. The van der Waals surface area contributed by atoms with E-state index in [1.54, 1.807) is 0 Å². The summed E-state index contributed by atoms with van der Waals surface area (Å²) in [5, 5.41) is 12.3. The van der Waals surface area contributed by atoms with E-state index in [0.717, 1.165) is 25.0 Å². The lowest BCUT2D eigenvalue weighted by atomic mass is 9.91. The Morgan fingerprint density at radius 3 is 2.50 bits per heavy atom. The number of allylic oxidation sites excluding steroid dienone is 1. The van der Waals surface area contributed by atoms with E-state index in [9.17, 15) is 0 Å². The highest BCUT2D eigenvalue weighted by molar-refractivity contribution is 6.03. The second-order valence-electron chi connectivity index (χ2n) is 4.33. The molecule has 0 radical (unpaired) electrons. The van der Waals surface area contributed by atoms with Gasteiger partial charge in [-0.1, -0.05) is 35.0 Å². The fourth-order valence-electron chi connectivity index (χ4n) is 2.05. The van der Waals surface area contributed by atoms with Crippen molar-refractivity contribution in [2.24, 2.45) is 5.16 Å². The third kappa shape index (κ3) is 2.51. The normalized spacial score (nSPS) is 21.6. The molecule has 0 bridgehead atoms. The van der Waals surface area contributed by atoms with Crippen molar-refractivity contribution in [1.82, 2.24) is 0 Å². The van der Waals surface area contributed by atoms with Crippen molar-refractivity contribution in [3.05, 3.63) is 41.0 Å². The van der Waals surface area contributed by atoms with Gasteiger partial charge in [-0.3, -0.25) is 0 Å². The Balaban J connectivity index is 2.25. The smallest absolute Gasteiger partial charge is 0.0827 e. The van der Waals surface area contributed by atoms with E-state index < -0.39 is 0 Å². The first-order valence-corrected chi connectivity index (χ1v) is 5.78. The van der Waals surface area contributed by atoms with E-state index in [4.69, 9.17) is 5.21 Å². The minimum Gasteiger partial charge on any atom is -0.411 e. The Morgan fingerprint density at radius 2 is 1.81 bits per heavy atom. The van der Waals surface area contributed by atoms with Gasteiger partial charge in [0.05, 0.1) is 5.71 Å². The summed E-state index contributed by atoms with van der Waals surface area (Å²) in [6.45, 7) is 2.08. The lowest BCUT2D eigenvalue weighted by molar-refractivity contribution is 0.316. The standard InChI is InChI=1S/C14H17NO/c1-11-6-8-12(9-7-11)10-13-4-2-3-5-14(13)15-16/h6-10,16H,2-5H2,1H3/b13-10+,15-14+. The molecule has 1 aliphatic carbocycles. The summed E-state index contributed by atoms with van der Waals surface area (Å²) in [5.41, 5.74) is 4.48. The van der Waals surface area contributed by atoms with Crippen molar-refractivity contribution in [3.63, 3.8) is 0 Å². The topological polar surface area (TPSA) is 32.6 Å². The molecule has 84 valence electrons. The van der Waals surface area contributed by atoms with E-state index in [-0.39, 0.29) is 0 Å². The Bertz CT molecular complexity index is 415. The van der Waals surface area contributed by atoms with E-state index in [0.29, 0.717) is 0 Å². The van der Waals surface area contributed by atoms with E-state index in [2.05, 4.69) is 42.4 Å². The van der Waals surface area contributed by atoms with Crippen molar-refractivity contribution in [2.75, 3.05) is 0 Å². The Kier molecular flexibility index (Phi) is 3.40. The largest absolute Gasteiger partial charge is 0.411 e. The van der Waals surface area contributed by atoms with Crippen LogP contribution in [0.1, 0.15) is 36.8 Å². The molecular formula is C14H17NO. The predicted octanol–water partition coefficient (Wildman–Crippen LogP) is 3.78.